The second-order valence-electron chi connectivity index (χ2n) is 6.69. The van der Waals surface area contributed by atoms with Gasteiger partial charge < -0.3 is 5.11 Å². The third-order valence-electron chi connectivity index (χ3n) is 4.01. The van der Waals surface area contributed by atoms with Crippen molar-refractivity contribution in [3.05, 3.63) is 47.1 Å². The van der Waals surface area contributed by atoms with E-state index in [-0.39, 0.29) is 17.3 Å². The summed E-state index contributed by atoms with van der Waals surface area (Å²) in [4.78, 5) is 10.8. The molecule has 1 aliphatic rings. The highest BCUT2D eigenvalue weighted by Crippen LogP contribution is 2.42. The van der Waals surface area contributed by atoms with E-state index < -0.39 is 0 Å². The fourth-order valence-corrected chi connectivity index (χ4v) is 3.04. The molecule has 0 saturated heterocycles. The molecule has 1 rings (SSSR count). The number of ketones is 1. The summed E-state index contributed by atoms with van der Waals surface area (Å²) in [5.41, 5.74) is 3.95. The van der Waals surface area contributed by atoms with Gasteiger partial charge in [0, 0.05) is 0 Å². The van der Waals surface area contributed by atoms with Crippen LogP contribution >= 0.6 is 0 Å². The molecular formula is C19H28O2. The molecule has 0 heterocycles. The van der Waals surface area contributed by atoms with Gasteiger partial charge in [-0.25, -0.2) is 0 Å². The number of hydrogen-bond donors (Lipinski definition) is 1. The number of allylic oxidation sites excluding steroid dienone is 7. The van der Waals surface area contributed by atoms with Crippen molar-refractivity contribution in [3.63, 3.8) is 0 Å². The third-order valence-corrected chi connectivity index (χ3v) is 4.01. The monoisotopic (exact) mass is 288 g/mol. The number of carbonyl (C=O) groups excluding carboxylic acids is 1. The minimum absolute atomic E-state index is 0.0614. The van der Waals surface area contributed by atoms with E-state index in [1.54, 1.807) is 19.1 Å². The van der Waals surface area contributed by atoms with Crippen LogP contribution in [0.1, 0.15) is 53.9 Å². The van der Waals surface area contributed by atoms with Gasteiger partial charge in [-0.2, -0.15) is 0 Å². The van der Waals surface area contributed by atoms with Gasteiger partial charge >= 0.3 is 0 Å². The Labute approximate surface area is 128 Å². The highest BCUT2D eigenvalue weighted by Gasteiger charge is 2.31. The molecule has 0 aromatic rings. The molecule has 21 heavy (non-hydrogen) atoms. The summed E-state index contributed by atoms with van der Waals surface area (Å²) in [6.07, 6.45) is 11.9. The molecule has 1 aliphatic carbocycles. The fourth-order valence-electron chi connectivity index (χ4n) is 3.04. The van der Waals surface area contributed by atoms with Crippen LogP contribution in [0.5, 0.6) is 0 Å². The zero-order chi connectivity index (χ0) is 16.0. The zero-order valence-electron chi connectivity index (χ0n) is 13.9. The minimum atomic E-state index is -0.203. The van der Waals surface area contributed by atoms with E-state index in [2.05, 4.69) is 32.9 Å². The molecule has 0 bridgehead atoms. The second kappa shape index (κ2) is 7.56. The Morgan fingerprint density at radius 2 is 2.00 bits per heavy atom. The molecule has 0 radical (unpaired) electrons. The van der Waals surface area contributed by atoms with Gasteiger partial charge in [-0.05, 0) is 51.5 Å². The number of aliphatic hydroxyl groups is 1. The molecule has 0 aromatic carbocycles. The molecule has 0 spiro atoms. The molecule has 2 heteroatoms. The topological polar surface area (TPSA) is 37.3 Å². The Bertz CT molecular complexity index is 502. The maximum Gasteiger partial charge on any atom is 0.152 e. The van der Waals surface area contributed by atoms with Gasteiger partial charge in [-0.15, -0.1) is 0 Å². The number of aliphatic hydroxyl groups excluding tert-OH is 1. The first kappa shape index (κ1) is 17.6. The van der Waals surface area contributed by atoms with Crippen molar-refractivity contribution in [1.29, 1.82) is 0 Å². The summed E-state index contributed by atoms with van der Waals surface area (Å²) < 4.78 is 0. The summed E-state index contributed by atoms with van der Waals surface area (Å²) in [5.74, 6) is 0.0614. The van der Waals surface area contributed by atoms with Gasteiger partial charge in [0.15, 0.2) is 5.78 Å². The van der Waals surface area contributed by atoms with Gasteiger partial charge in [0.25, 0.3) is 0 Å². The number of carbonyl (C=O) groups is 1. The van der Waals surface area contributed by atoms with Crippen molar-refractivity contribution in [2.75, 3.05) is 0 Å². The largest absolute Gasteiger partial charge is 0.393 e. The molecule has 0 aromatic heterocycles. The van der Waals surface area contributed by atoms with Crippen LogP contribution in [0, 0.1) is 5.41 Å². The van der Waals surface area contributed by atoms with E-state index in [9.17, 15) is 9.90 Å². The number of hydrogen-bond acceptors (Lipinski definition) is 2. The Balaban J connectivity index is 2.71. The Morgan fingerprint density at radius 1 is 1.33 bits per heavy atom. The van der Waals surface area contributed by atoms with E-state index >= 15 is 0 Å². The van der Waals surface area contributed by atoms with Crippen molar-refractivity contribution >= 4 is 5.78 Å². The first-order chi connectivity index (χ1) is 9.72. The highest BCUT2D eigenvalue weighted by atomic mass is 16.3. The molecule has 1 N–H and O–H groups in total. The molecule has 2 nitrogen and oxygen atoms in total. The quantitative estimate of drug-likeness (QED) is 0.459. The van der Waals surface area contributed by atoms with Gasteiger partial charge in [-0.3, -0.25) is 4.79 Å². The normalized spacial score (nSPS) is 23.3. The SMILES string of the molecule is CC(=O)/C=C/C=C(C)/C=C/CC1=C(C)CC(O)CC1(C)C. The van der Waals surface area contributed by atoms with Crippen LogP contribution in [0.25, 0.3) is 0 Å². The molecular weight excluding hydrogens is 260 g/mol. The van der Waals surface area contributed by atoms with Gasteiger partial charge in [0.1, 0.15) is 0 Å². The van der Waals surface area contributed by atoms with E-state index in [4.69, 9.17) is 0 Å². The van der Waals surface area contributed by atoms with E-state index in [0.717, 1.165) is 24.8 Å². The molecule has 0 fully saturated rings. The van der Waals surface area contributed by atoms with Crippen LogP contribution in [0.15, 0.2) is 47.1 Å². The van der Waals surface area contributed by atoms with Crippen LogP contribution in [-0.2, 0) is 4.79 Å². The molecule has 1 atom stereocenters. The Kier molecular flexibility index (Phi) is 6.35. The van der Waals surface area contributed by atoms with Crippen LogP contribution in [0.2, 0.25) is 0 Å². The summed E-state index contributed by atoms with van der Waals surface area (Å²) in [5, 5.41) is 9.89. The van der Waals surface area contributed by atoms with Gasteiger partial charge in [0.05, 0.1) is 6.10 Å². The van der Waals surface area contributed by atoms with Crippen molar-refractivity contribution in [2.24, 2.45) is 5.41 Å². The lowest BCUT2D eigenvalue weighted by Crippen LogP contribution is -2.28. The molecule has 1 unspecified atom stereocenters. The van der Waals surface area contributed by atoms with Gasteiger partial charge in [-0.1, -0.05) is 54.9 Å². The zero-order valence-corrected chi connectivity index (χ0v) is 13.9. The van der Waals surface area contributed by atoms with E-state index in [1.807, 2.05) is 13.0 Å². The number of rotatable bonds is 5. The minimum Gasteiger partial charge on any atom is -0.393 e. The van der Waals surface area contributed by atoms with Crippen LogP contribution in [-0.4, -0.2) is 17.0 Å². The maximum atomic E-state index is 10.8. The fraction of sp³-hybridized carbons (Fsp3) is 0.526. The third kappa shape index (κ3) is 5.84. The first-order valence-electron chi connectivity index (χ1n) is 7.61. The van der Waals surface area contributed by atoms with Crippen LogP contribution in [0.3, 0.4) is 0 Å². The summed E-state index contributed by atoms with van der Waals surface area (Å²) in [7, 11) is 0. The summed E-state index contributed by atoms with van der Waals surface area (Å²) in [6.45, 7) is 10.1. The van der Waals surface area contributed by atoms with Gasteiger partial charge in [0.2, 0.25) is 0 Å². The second-order valence-corrected chi connectivity index (χ2v) is 6.69. The van der Waals surface area contributed by atoms with Crippen molar-refractivity contribution in [3.8, 4) is 0 Å². The average molecular weight is 288 g/mol. The maximum absolute atomic E-state index is 10.8. The summed E-state index contributed by atoms with van der Waals surface area (Å²) >= 11 is 0. The van der Waals surface area contributed by atoms with Crippen molar-refractivity contribution in [2.45, 2.75) is 60.0 Å². The van der Waals surface area contributed by atoms with E-state index in [0.29, 0.717) is 0 Å². The summed E-state index contributed by atoms with van der Waals surface area (Å²) in [6, 6.07) is 0. The van der Waals surface area contributed by atoms with Crippen molar-refractivity contribution < 1.29 is 9.90 Å². The lowest BCUT2D eigenvalue weighted by Gasteiger charge is -2.36. The highest BCUT2D eigenvalue weighted by molar-refractivity contribution is 5.87. The molecule has 0 amide bonds. The van der Waals surface area contributed by atoms with E-state index in [1.165, 1.54) is 11.1 Å². The Hall–Kier alpha value is -1.41. The molecule has 116 valence electrons. The average Bonchev–Trinajstić information content (AvgIpc) is 2.31. The molecule has 0 saturated carbocycles. The van der Waals surface area contributed by atoms with Crippen LogP contribution < -0.4 is 0 Å². The van der Waals surface area contributed by atoms with Crippen molar-refractivity contribution in [1.82, 2.24) is 0 Å². The molecule has 0 aliphatic heterocycles. The lowest BCUT2D eigenvalue weighted by molar-refractivity contribution is -0.112. The standard InChI is InChI=1S/C19H28O2/c1-14(8-6-10-16(3)20)9-7-11-18-15(2)12-17(21)13-19(18,4)5/h6-10,17,21H,11-13H2,1-5H3/b9-7+,10-6+,14-8+. The predicted molar refractivity (Wildman–Crippen MR) is 89.1 cm³/mol. The lowest BCUT2D eigenvalue weighted by atomic mass is 9.70. The smallest absolute Gasteiger partial charge is 0.152 e. The Morgan fingerprint density at radius 3 is 2.57 bits per heavy atom. The predicted octanol–water partition coefficient (Wildman–Crippen LogP) is 4.52. The first-order valence-corrected chi connectivity index (χ1v) is 7.61. The van der Waals surface area contributed by atoms with Crippen LogP contribution in [0.4, 0.5) is 0 Å².